The molecular weight excluding hydrogens is 364 g/mol. The van der Waals surface area contributed by atoms with Gasteiger partial charge >= 0.3 is 0 Å². The van der Waals surface area contributed by atoms with Crippen LogP contribution in [0.5, 0.6) is 0 Å². The van der Waals surface area contributed by atoms with E-state index in [4.69, 9.17) is 11.6 Å². The van der Waals surface area contributed by atoms with Crippen molar-refractivity contribution in [3.8, 4) is 0 Å². The zero-order valence-corrected chi connectivity index (χ0v) is 15.6. The van der Waals surface area contributed by atoms with E-state index in [1.807, 2.05) is 42.8 Å². The molecule has 3 aromatic heterocycles. The number of amides is 1. The van der Waals surface area contributed by atoms with Crippen molar-refractivity contribution in [2.75, 3.05) is 5.32 Å². The fraction of sp³-hybridized carbons (Fsp3) is 0.158. The summed E-state index contributed by atoms with van der Waals surface area (Å²) in [5.41, 5.74) is 4.31. The lowest BCUT2D eigenvalue weighted by molar-refractivity contribution is 0.102. The number of aromatic nitrogens is 5. The number of carbonyl (C=O) groups is 1. The summed E-state index contributed by atoms with van der Waals surface area (Å²) in [5, 5.41) is 12.4. The molecule has 4 aromatic rings. The molecular formula is C19H17ClN6O. The molecule has 8 heteroatoms. The first-order valence-electron chi connectivity index (χ1n) is 8.41. The summed E-state index contributed by atoms with van der Waals surface area (Å²) >= 11 is 5.94. The normalized spacial score (nSPS) is 11.1. The molecule has 1 aromatic carbocycles. The van der Waals surface area contributed by atoms with Crippen molar-refractivity contribution in [1.82, 2.24) is 24.4 Å². The maximum atomic E-state index is 12.6. The minimum atomic E-state index is -0.294. The van der Waals surface area contributed by atoms with Gasteiger partial charge in [-0.05, 0) is 37.6 Å². The van der Waals surface area contributed by atoms with Gasteiger partial charge in [0.2, 0.25) is 0 Å². The average Bonchev–Trinajstić information content (AvgIpc) is 3.20. The van der Waals surface area contributed by atoms with Gasteiger partial charge < -0.3 is 5.32 Å². The first-order valence-corrected chi connectivity index (χ1v) is 8.79. The molecule has 136 valence electrons. The molecule has 3 heterocycles. The first kappa shape index (κ1) is 17.2. The zero-order valence-electron chi connectivity index (χ0n) is 14.8. The van der Waals surface area contributed by atoms with Crippen LogP contribution in [0.1, 0.15) is 27.4 Å². The molecule has 0 aliphatic rings. The summed E-state index contributed by atoms with van der Waals surface area (Å²) in [4.78, 5) is 16.8. The second-order valence-corrected chi connectivity index (χ2v) is 6.67. The van der Waals surface area contributed by atoms with Crippen LogP contribution in [-0.4, -0.2) is 30.3 Å². The third-order valence-corrected chi connectivity index (χ3v) is 4.59. The van der Waals surface area contributed by atoms with E-state index in [2.05, 4.69) is 20.5 Å². The highest BCUT2D eigenvalue weighted by Gasteiger charge is 2.17. The lowest BCUT2D eigenvalue weighted by atomic mass is 10.2. The van der Waals surface area contributed by atoms with Crippen LogP contribution in [0.3, 0.4) is 0 Å². The fourth-order valence-electron chi connectivity index (χ4n) is 2.91. The quantitative estimate of drug-likeness (QED) is 0.587. The van der Waals surface area contributed by atoms with Crippen LogP contribution in [0.15, 0.2) is 48.8 Å². The molecule has 27 heavy (non-hydrogen) atoms. The summed E-state index contributed by atoms with van der Waals surface area (Å²) in [5.74, 6) is -0.294. The maximum absolute atomic E-state index is 12.6. The molecule has 7 nitrogen and oxygen atoms in total. The van der Waals surface area contributed by atoms with Gasteiger partial charge in [-0.1, -0.05) is 23.7 Å². The molecule has 0 bridgehead atoms. The van der Waals surface area contributed by atoms with E-state index in [0.717, 1.165) is 17.0 Å². The van der Waals surface area contributed by atoms with Crippen LogP contribution in [0.4, 0.5) is 5.69 Å². The lowest BCUT2D eigenvalue weighted by Crippen LogP contribution is -2.14. The molecule has 0 unspecified atom stereocenters. The van der Waals surface area contributed by atoms with E-state index >= 15 is 0 Å². The Balaban J connectivity index is 1.57. The number of anilines is 1. The number of fused-ring (bicyclic) bond motifs is 1. The number of benzene rings is 1. The second-order valence-electron chi connectivity index (χ2n) is 6.24. The Labute approximate surface area is 160 Å². The summed E-state index contributed by atoms with van der Waals surface area (Å²) in [6.45, 7) is 4.39. The fourth-order valence-corrected chi connectivity index (χ4v) is 3.04. The van der Waals surface area contributed by atoms with Crippen molar-refractivity contribution in [3.63, 3.8) is 0 Å². The zero-order chi connectivity index (χ0) is 19.0. The molecule has 0 fully saturated rings. The minimum Gasteiger partial charge on any atom is -0.317 e. The van der Waals surface area contributed by atoms with Gasteiger partial charge in [0, 0.05) is 23.5 Å². The molecule has 4 rings (SSSR count). The lowest BCUT2D eigenvalue weighted by Gasteiger charge is -2.06. The van der Waals surface area contributed by atoms with Gasteiger partial charge in [0.25, 0.3) is 5.91 Å². The largest absolute Gasteiger partial charge is 0.317 e. The van der Waals surface area contributed by atoms with Crippen molar-refractivity contribution in [2.24, 2.45) is 0 Å². The van der Waals surface area contributed by atoms with Gasteiger partial charge in [-0.25, -0.2) is 9.50 Å². The molecule has 0 aliphatic heterocycles. The summed E-state index contributed by atoms with van der Waals surface area (Å²) in [6.07, 6.45) is 3.41. The summed E-state index contributed by atoms with van der Waals surface area (Å²) in [7, 11) is 0. The van der Waals surface area contributed by atoms with Crippen molar-refractivity contribution in [2.45, 2.75) is 20.4 Å². The van der Waals surface area contributed by atoms with E-state index in [-0.39, 0.29) is 5.91 Å². The van der Waals surface area contributed by atoms with Gasteiger partial charge in [-0.15, -0.1) is 0 Å². The topological polar surface area (TPSA) is 77.1 Å². The Morgan fingerprint density at radius 3 is 2.70 bits per heavy atom. The number of hydrogen-bond acceptors (Lipinski definition) is 4. The number of halogens is 1. The minimum absolute atomic E-state index is 0.294. The van der Waals surface area contributed by atoms with E-state index < -0.39 is 0 Å². The Morgan fingerprint density at radius 2 is 1.96 bits per heavy atom. The van der Waals surface area contributed by atoms with Crippen LogP contribution >= 0.6 is 11.6 Å². The average molecular weight is 381 g/mol. The molecule has 0 atom stereocenters. The third-order valence-electron chi connectivity index (χ3n) is 4.33. The van der Waals surface area contributed by atoms with Gasteiger partial charge in [-0.3, -0.25) is 9.48 Å². The van der Waals surface area contributed by atoms with E-state index in [9.17, 15) is 4.79 Å². The van der Waals surface area contributed by atoms with Gasteiger partial charge in [0.05, 0.1) is 23.6 Å². The first-order chi connectivity index (χ1) is 13.0. The molecule has 0 saturated carbocycles. The van der Waals surface area contributed by atoms with Crippen LogP contribution in [0.2, 0.25) is 5.02 Å². The molecule has 0 aliphatic carbocycles. The molecule has 1 amide bonds. The standard InChI is InChI=1S/C19H17ClN6O/c1-12-18(13(2)26(23-12)11-14-4-6-15(20)7-5-14)22-19(27)16-10-17-21-8-3-9-25(17)24-16/h3-10H,11H2,1-2H3,(H,22,27). The Morgan fingerprint density at radius 1 is 1.19 bits per heavy atom. The Kier molecular flexibility index (Phi) is 4.37. The third kappa shape index (κ3) is 3.41. The Bertz CT molecular complexity index is 1100. The highest BCUT2D eigenvalue weighted by Crippen LogP contribution is 2.22. The SMILES string of the molecule is Cc1nn(Cc2ccc(Cl)cc2)c(C)c1NC(=O)c1cc2ncccn2n1. The number of aryl methyl sites for hydroxylation is 1. The predicted octanol–water partition coefficient (Wildman–Crippen LogP) is 3.50. The summed E-state index contributed by atoms with van der Waals surface area (Å²) < 4.78 is 3.43. The van der Waals surface area contributed by atoms with Crippen molar-refractivity contribution in [3.05, 3.63) is 76.5 Å². The van der Waals surface area contributed by atoms with Gasteiger partial charge in [-0.2, -0.15) is 10.2 Å². The van der Waals surface area contributed by atoms with E-state index in [0.29, 0.717) is 28.6 Å². The van der Waals surface area contributed by atoms with E-state index in [1.165, 1.54) is 0 Å². The number of nitrogens with zero attached hydrogens (tertiary/aromatic N) is 5. The van der Waals surface area contributed by atoms with Gasteiger partial charge in [0.1, 0.15) is 0 Å². The molecule has 0 saturated heterocycles. The smallest absolute Gasteiger partial charge is 0.276 e. The highest BCUT2D eigenvalue weighted by molar-refractivity contribution is 6.30. The van der Waals surface area contributed by atoms with Crippen LogP contribution < -0.4 is 5.32 Å². The van der Waals surface area contributed by atoms with E-state index in [1.54, 1.807) is 29.0 Å². The van der Waals surface area contributed by atoms with Crippen molar-refractivity contribution in [1.29, 1.82) is 0 Å². The number of hydrogen-bond donors (Lipinski definition) is 1. The Hall–Kier alpha value is -3.19. The van der Waals surface area contributed by atoms with Crippen LogP contribution in [0.25, 0.3) is 5.65 Å². The van der Waals surface area contributed by atoms with Gasteiger partial charge in [0.15, 0.2) is 11.3 Å². The maximum Gasteiger partial charge on any atom is 0.276 e. The monoisotopic (exact) mass is 380 g/mol. The molecule has 0 radical (unpaired) electrons. The van der Waals surface area contributed by atoms with Crippen LogP contribution in [-0.2, 0) is 6.54 Å². The van der Waals surface area contributed by atoms with Crippen LogP contribution in [0, 0.1) is 13.8 Å². The summed E-state index contributed by atoms with van der Waals surface area (Å²) in [6, 6.07) is 11.0. The molecule has 1 N–H and O–H groups in total. The number of rotatable bonds is 4. The van der Waals surface area contributed by atoms with Crippen molar-refractivity contribution >= 4 is 28.8 Å². The number of carbonyl (C=O) groups excluding carboxylic acids is 1. The predicted molar refractivity (Wildman–Crippen MR) is 103 cm³/mol. The second kappa shape index (κ2) is 6.85. The highest BCUT2D eigenvalue weighted by atomic mass is 35.5. The van der Waals surface area contributed by atoms with Crippen molar-refractivity contribution < 1.29 is 4.79 Å². The molecule has 0 spiro atoms. The number of nitrogens with one attached hydrogen (secondary N) is 1.